The molecule has 0 saturated carbocycles. The highest BCUT2D eigenvalue weighted by atomic mass is 19.1. The van der Waals surface area contributed by atoms with Gasteiger partial charge in [0.2, 0.25) is 0 Å². The first-order chi connectivity index (χ1) is 8.45. The summed E-state index contributed by atoms with van der Waals surface area (Å²) < 4.78 is 18.1. The molecule has 0 atom stereocenters. The van der Waals surface area contributed by atoms with Crippen LogP contribution in [0.2, 0.25) is 0 Å². The smallest absolute Gasteiger partial charge is 0.411 e. The summed E-state index contributed by atoms with van der Waals surface area (Å²) >= 11 is 0. The van der Waals surface area contributed by atoms with Crippen LogP contribution in [0, 0.1) is 12.7 Å². The van der Waals surface area contributed by atoms with E-state index in [0.29, 0.717) is 0 Å². The van der Waals surface area contributed by atoms with Crippen molar-refractivity contribution >= 4 is 17.7 Å². The molecule has 1 amide bonds. The second-order valence-electron chi connectivity index (χ2n) is 3.45. The van der Waals surface area contributed by atoms with Gasteiger partial charge in [-0.2, -0.15) is 0 Å². The van der Waals surface area contributed by atoms with Gasteiger partial charge in [-0.05, 0) is 19.1 Å². The Morgan fingerprint density at radius 2 is 2.22 bits per heavy atom. The third-order valence-electron chi connectivity index (χ3n) is 2.16. The molecule has 0 aliphatic carbocycles. The first kappa shape index (κ1) is 13.7. The highest BCUT2D eigenvalue weighted by Crippen LogP contribution is 2.21. The van der Waals surface area contributed by atoms with Crippen LogP contribution in [-0.4, -0.2) is 23.8 Å². The van der Waals surface area contributed by atoms with Crippen molar-refractivity contribution < 1.29 is 23.8 Å². The van der Waals surface area contributed by atoms with Crippen LogP contribution >= 0.6 is 0 Å². The van der Waals surface area contributed by atoms with Gasteiger partial charge in [0, 0.05) is 5.56 Å². The predicted molar refractivity (Wildman–Crippen MR) is 63.3 cm³/mol. The topological polar surface area (TPSA) is 75.6 Å². The summed E-state index contributed by atoms with van der Waals surface area (Å²) in [5.41, 5.74) is -0.0610. The van der Waals surface area contributed by atoms with Crippen LogP contribution in [0.5, 0.6) is 0 Å². The van der Waals surface area contributed by atoms with E-state index in [-0.39, 0.29) is 23.4 Å². The summed E-state index contributed by atoms with van der Waals surface area (Å²) in [6, 6.07) is 2.05. The maximum atomic E-state index is 13.4. The first-order valence-electron chi connectivity index (χ1n) is 5.03. The molecule has 0 bridgehead atoms. The summed E-state index contributed by atoms with van der Waals surface area (Å²) in [6.07, 6.45) is 0.570. The lowest BCUT2D eigenvalue weighted by Gasteiger charge is -2.10. The fourth-order valence-corrected chi connectivity index (χ4v) is 1.21. The van der Waals surface area contributed by atoms with Crippen LogP contribution in [0.3, 0.4) is 0 Å². The molecule has 1 aromatic rings. The molecule has 6 heteroatoms. The Bertz CT molecular complexity index is 499. The Hall–Kier alpha value is -2.37. The Labute approximate surface area is 103 Å². The number of carbonyl (C=O) groups excluding carboxylic acids is 1. The maximum Gasteiger partial charge on any atom is 0.411 e. The van der Waals surface area contributed by atoms with Gasteiger partial charge in [-0.3, -0.25) is 5.32 Å². The van der Waals surface area contributed by atoms with Gasteiger partial charge in [0.25, 0.3) is 0 Å². The van der Waals surface area contributed by atoms with Crippen molar-refractivity contribution in [1.29, 1.82) is 0 Å². The summed E-state index contributed by atoms with van der Waals surface area (Å²) in [7, 11) is 0. The van der Waals surface area contributed by atoms with Gasteiger partial charge in [0.1, 0.15) is 12.4 Å². The van der Waals surface area contributed by atoms with Gasteiger partial charge < -0.3 is 9.84 Å². The fourth-order valence-electron chi connectivity index (χ4n) is 1.21. The number of nitrogens with one attached hydrogen (secondary N) is 1. The van der Waals surface area contributed by atoms with E-state index >= 15 is 0 Å². The van der Waals surface area contributed by atoms with E-state index in [1.807, 2.05) is 0 Å². The van der Waals surface area contributed by atoms with Crippen LogP contribution in [-0.2, 0) is 4.74 Å². The highest BCUT2D eigenvalue weighted by Gasteiger charge is 2.13. The number of anilines is 1. The number of carboxylic acid groups (broad SMARTS) is 1. The van der Waals surface area contributed by atoms with Gasteiger partial charge >= 0.3 is 12.1 Å². The van der Waals surface area contributed by atoms with Gasteiger partial charge in [0.05, 0.1) is 11.3 Å². The molecule has 1 aromatic carbocycles. The zero-order chi connectivity index (χ0) is 13.7. The summed E-state index contributed by atoms with van der Waals surface area (Å²) in [6.45, 7) is 4.79. The normalized spacial score (nSPS) is 9.67. The largest absolute Gasteiger partial charge is 0.478 e. The molecule has 0 unspecified atom stereocenters. The van der Waals surface area contributed by atoms with Crippen LogP contribution in [0.15, 0.2) is 24.8 Å². The molecule has 0 aliphatic rings. The lowest BCUT2D eigenvalue weighted by molar-refractivity contribution is 0.0696. The molecule has 0 radical (unpaired) electrons. The van der Waals surface area contributed by atoms with E-state index in [0.717, 1.165) is 12.1 Å². The average molecular weight is 253 g/mol. The zero-order valence-electron chi connectivity index (χ0n) is 9.70. The molecule has 0 heterocycles. The minimum absolute atomic E-state index is 0.00594. The zero-order valence-corrected chi connectivity index (χ0v) is 9.70. The molecule has 18 heavy (non-hydrogen) atoms. The molecule has 0 fully saturated rings. The van der Waals surface area contributed by atoms with Gasteiger partial charge in [0.15, 0.2) is 0 Å². The molecule has 0 aromatic heterocycles. The lowest BCUT2D eigenvalue weighted by Crippen LogP contribution is -2.15. The molecule has 2 N–H and O–H groups in total. The molecule has 96 valence electrons. The molecular weight excluding hydrogens is 241 g/mol. The molecule has 1 rings (SSSR count). The van der Waals surface area contributed by atoms with E-state index in [4.69, 9.17) is 5.11 Å². The number of rotatable bonds is 4. The molecule has 0 saturated heterocycles. The second-order valence-corrected chi connectivity index (χ2v) is 3.45. The van der Waals surface area contributed by atoms with Crippen LogP contribution in [0.4, 0.5) is 14.9 Å². The number of hydrogen-bond donors (Lipinski definition) is 2. The molecule has 5 nitrogen and oxygen atoms in total. The number of halogens is 1. The van der Waals surface area contributed by atoms with E-state index in [9.17, 15) is 14.0 Å². The number of carboxylic acids is 1. The Kier molecular flexibility index (Phi) is 4.42. The van der Waals surface area contributed by atoms with Crippen LogP contribution in [0.1, 0.15) is 15.9 Å². The SMILES string of the molecule is C=CCOC(=O)Nc1cc(C(=O)O)cc(F)c1C. The average Bonchev–Trinajstić information content (AvgIpc) is 2.31. The van der Waals surface area contributed by atoms with E-state index in [1.165, 1.54) is 13.0 Å². The van der Waals surface area contributed by atoms with Crippen LogP contribution in [0.25, 0.3) is 0 Å². The number of carbonyl (C=O) groups is 2. The lowest BCUT2D eigenvalue weighted by atomic mass is 10.1. The Balaban J connectivity index is 2.97. The number of ether oxygens (including phenoxy) is 1. The van der Waals surface area contributed by atoms with Crippen molar-refractivity contribution in [2.75, 3.05) is 11.9 Å². The van der Waals surface area contributed by atoms with Gasteiger partial charge in [-0.25, -0.2) is 14.0 Å². The molecule has 0 spiro atoms. The minimum atomic E-state index is -1.28. The van der Waals surface area contributed by atoms with Crippen molar-refractivity contribution in [2.24, 2.45) is 0 Å². The van der Waals surface area contributed by atoms with Crippen molar-refractivity contribution in [3.8, 4) is 0 Å². The third-order valence-corrected chi connectivity index (χ3v) is 2.16. The van der Waals surface area contributed by atoms with Crippen LogP contribution < -0.4 is 5.32 Å². The number of benzene rings is 1. The van der Waals surface area contributed by atoms with E-state index < -0.39 is 17.9 Å². The Morgan fingerprint density at radius 3 is 2.78 bits per heavy atom. The Morgan fingerprint density at radius 1 is 1.56 bits per heavy atom. The van der Waals surface area contributed by atoms with Crippen molar-refractivity contribution in [1.82, 2.24) is 0 Å². The van der Waals surface area contributed by atoms with Gasteiger partial charge in [-0.15, -0.1) is 0 Å². The number of amides is 1. The van der Waals surface area contributed by atoms with E-state index in [2.05, 4.69) is 16.6 Å². The fraction of sp³-hybridized carbons (Fsp3) is 0.167. The monoisotopic (exact) mass is 253 g/mol. The maximum absolute atomic E-state index is 13.4. The summed E-state index contributed by atoms with van der Waals surface area (Å²) in [5.74, 6) is -2.00. The second kappa shape index (κ2) is 5.81. The summed E-state index contributed by atoms with van der Waals surface area (Å²) in [5, 5.41) is 11.0. The minimum Gasteiger partial charge on any atom is -0.478 e. The number of aromatic carboxylic acids is 1. The van der Waals surface area contributed by atoms with Crippen molar-refractivity contribution in [2.45, 2.75) is 6.92 Å². The van der Waals surface area contributed by atoms with Crippen molar-refractivity contribution in [3.05, 3.63) is 41.7 Å². The van der Waals surface area contributed by atoms with Crippen molar-refractivity contribution in [3.63, 3.8) is 0 Å². The van der Waals surface area contributed by atoms with Gasteiger partial charge in [-0.1, -0.05) is 12.7 Å². The molecular formula is C12H12FNO4. The molecule has 0 aliphatic heterocycles. The predicted octanol–water partition coefficient (Wildman–Crippen LogP) is 2.57. The first-order valence-corrected chi connectivity index (χ1v) is 5.03. The quantitative estimate of drug-likeness (QED) is 0.808. The standard InChI is InChI=1S/C12H12FNO4/c1-3-4-18-12(17)14-10-6-8(11(15)16)5-9(13)7(10)2/h3,5-6H,1,4H2,2H3,(H,14,17)(H,15,16). The summed E-state index contributed by atoms with van der Waals surface area (Å²) in [4.78, 5) is 22.0. The highest BCUT2D eigenvalue weighted by molar-refractivity contribution is 5.92. The number of hydrogen-bond acceptors (Lipinski definition) is 3. The third kappa shape index (κ3) is 3.31. The van der Waals surface area contributed by atoms with E-state index in [1.54, 1.807) is 0 Å².